The highest BCUT2D eigenvalue weighted by Crippen LogP contribution is 2.08. The topological polar surface area (TPSA) is 49.3 Å². The molecule has 2 N–H and O–H groups in total. The van der Waals surface area contributed by atoms with Crippen molar-refractivity contribution in [2.75, 3.05) is 11.6 Å². The number of carboxylic acid groups (broad SMARTS) is 1. The minimum Gasteiger partial charge on any atom is -0.480 e. The fourth-order valence-corrected chi connectivity index (χ4v) is 1.49. The van der Waals surface area contributed by atoms with E-state index < -0.39 is 5.97 Å². The molecule has 1 rings (SSSR count). The Labute approximate surface area is 73.7 Å². The van der Waals surface area contributed by atoms with Crippen LogP contribution in [0.1, 0.15) is 0 Å². The molecule has 3 nitrogen and oxygen atoms in total. The molecule has 1 atom stereocenters. The molecule has 1 unspecified atom stereocenters. The Kier molecular flexibility index (Phi) is 4.64. The minimum atomic E-state index is -0.741. The third-order valence-corrected chi connectivity index (χ3v) is 1.95. The van der Waals surface area contributed by atoms with E-state index in [9.17, 15) is 4.79 Å². The van der Waals surface area contributed by atoms with Gasteiger partial charge in [-0.1, -0.05) is 0 Å². The van der Waals surface area contributed by atoms with E-state index in [1.54, 1.807) is 11.8 Å². The number of thioether (sulfide) groups is 1. The first-order valence-corrected chi connectivity index (χ1v) is 3.50. The van der Waals surface area contributed by atoms with Crippen LogP contribution in [0.3, 0.4) is 0 Å². The van der Waals surface area contributed by atoms with Crippen molar-refractivity contribution in [2.24, 2.45) is 0 Å². The summed E-state index contributed by atoms with van der Waals surface area (Å²) in [5.74, 6) is 0.738. The van der Waals surface area contributed by atoms with Crippen LogP contribution in [-0.4, -0.2) is 51.8 Å². The highest BCUT2D eigenvalue weighted by atomic mass is 32.2. The summed E-state index contributed by atoms with van der Waals surface area (Å²) in [7, 11) is 0. The second-order valence-corrected chi connectivity index (χ2v) is 2.64. The Hall–Kier alpha value is 0.546. The van der Waals surface area contributed by atoms with E-state index in [2.05, 4.69) is 5.32 Å². The molecule has 0 bridgehead atoms. The maximum absolute atomic E-state index is 10.1. The molecular formula is C4H9MgNO2S. The third-order valence-electron chi connectivity index (χ3n) is 1.01. The lowest BCUT2D eigenvalue weighted by atomic mass is 10.4. The maximum Gasteiger partial charge on any atom is 0.321 e. The van der Waals surface area contributed by atoms with Crippen molar-refractivity contribution in [1.29, 1.82) is 0 Å². The van der Waals surface area contributed by atoms with Crippen LogP contribution in [0.15, 0.2) is 0 Å². The standard InChI is InChI=1S/C4H7NO2S.Mg.2H/c6-4(7)3-1-8-2-5-3;;;/h3,5H,1-2H2,(H,6,7);;;. The summed E-state index contributed by atoms with van der Waals surface area (Å²) in [4.78, 5) is 10.1. The van der Waals surface area contributed by atoms with Crippen LogP contribution >= 0.6 is 11.8 Å². The average Bonchev–Trinajstić information content (AvgIpc) is 2.12. The number of hydrogen-bond donors (Lipinski definition) is 2. The normalized spacial score (nSPS) is 25.1. The van der Waals surface area contributed by atoms with Crippen molar-refractivity contribution in [3.8, 4) is 0 Å². The molecule has 0 aromatic carbocycles. The predicted octanol–water partition coefficient (Wildman–Crippen LogP) is -1.18. The lowest BCUT2D eigenvalue weighted by molar-refractivity contribution is -0.138. The van der Waals surface area contributed by atoms with Crippen LogP contribution in [0.4, 0.5) is 0 Å². The van der Waals surface area contributed by atoms with Gasteiger partial charge < -0.3 is 5.11 Å². The van der Waals surface area contributed by atoms with Crippen molar-refractivity contribution in [3.05, 3.63) is 0 Å². The molecule has 1 aliphatic rings. The van der Waals surface area contributed by atoms with Crippen molar-refractivity contribution < 1.29 is 9.90 Å². The van der Waals surface area contributed by atoms with Gasteiger partial charge in [0.15, 0.2) is 0 Å². The summed E-state index contributed by atoms with van der Waals surface area (Å²) >= 11 is 1.62. The fourth-order valence-electron chi connectivity index (χ4n) is 0.554. The van der Waals surface area contributed by atoms with Crippen LogP contribution in [0.5, 0.6) is 0 Å². The Morgan fingerprint density at radius 2 is 2.44 bits per heavy atom. The number of rotatable bonds is 1. The molecule has 1 fully saturated rings. The molecule has 9 heavy (non-hydrogen) atoms. The van der Waals surface area contributed by atoms with E-state index in [-0.39, 0.29) is 29.1 Å². The number of carboxylic acids is 1. The lowest BCUT2D eigenvalue weighted by Crippen LogP contribution is -2.32. The Balaban J connectivity index is 0.000000640. The molecule has 1 saturated heterocycles. The van der Waals surface area contributed by atoms with Gasteiger partial charge in [-0.15, -0.1) is 11.8 Å². The van der Waals surface area contributed by atoms with E-state index in [4.69, 9.17) is 5.11 Å². The van der Waals surface area contributed by atoms with Gasteiger partial charge in [0, 0.05) is 11.6 Å². The van der Waals surface area contributed by atoms with E-state index >= 15 is 0 Å². The first-order valence-electron chi connectivity index (χ1n) is 2.34. The predicted molar refractivity (Wildman–Crippen MR) is 40.4 cm³/mol. The Bertz CT molecular complexity index is 105. The zero-order chi connectivity index (χ0) is 5.98. The van der Waals surface area contributed by atoms with Crippen LogP contribution < -0.4 is 5.32 Å². The van der Waals surface area contributed by atoms with Crippen LogP contribution in [0.2, 0.25) is 0 Å². The monoisotopic (exact) mass is 159 g/mol. The van der Waals surface area contributed by atoms with Crippen LogP contribution in [-0.2, 0) is 4.79 Å². The molecule has 1 heterocycles. The van der Waals surface area contributed by atoms with Gasteiger partial charge >= 0.3 is 29.0 Å². The first kappa shape index (κ1) is 9.55. The molecule has 0 aromatic heterocycles. The van der Waals surface area contributed by atoms with Gasteiger partial charge in [-0.05, 0) is 0 Å². The van der Waals surface area contributed by atoms with Crippen molar-refractivity contribution in [3.63, 3.8) is 0 Å². The SMILES string of the molecule is O=C(O)C1CSCN1.[MgH2]. The largest absolute Gasteiger partial charge is 0.480 e. The van der Waals surface area contributed by atoms with Crippen molar-refractivity contribution >= 4 is 40.8 Å². The van der Waals surface area contributed by atoms with Gasteiger partial charge in [0.05, 0.1) is 0 Å². The molecule has 1 aliphatic heterocycles. The zero-order valence-corrected chi connectivity index (χ0v) is 5.07. The summed E-state index contributed by atoms with van der Waals surface area (Å²) in [5.41, 5.74) is 0. The Morgan fingerprint density at radius 3 is 2.67 bits per heavy atom. The first-order chi connectivity index (χ1) is 3.80. The van der Waals surface area contributed by atoms with Crippen LogP contribution in [0.25, 0.3) is 0 Å². The van der Waals surface area contributed by atoms with Crippen molar-refractivity contribution in [2.45, 2.75) is 6.04 Å². The van der Waals surface area contributed by atoms with Gasteiger partial charge in [0.2, 0.25) is 0 Å². The van der Waals surface area contributed by atoms with Gasteiger partial charge in [0.1, 0.15) is 6.04 Å². The van der Waals surface area contributed by atoms with Gasteiger partial charge in [-0.25, -0.2) is 0 Å². The summed E-state index contributed by atoms with van der Waals surface area (Å²) in [6, 6.07) is -0.306. The number of nitrogens with one attached hydrogen (secondary N) is 1. The van der Waals surface area contributed by atoms with Gasteiger partial charge in [0.25, 0.3) is 0 Å². The maximum atomic E-state index is 10.1. The van der Waals surface area contributed by atoms with Gasteiger partial charge in [-0.2, -0.15) is 0 Å². The molecule has 50 valence electrons. The van der Waals surface area contributed by atoms with Crippen molar-refractivity contribution in [1.82, 2.24) is 5.32 Å². The summed E-state index contributed by atoms with van der Waals surface area (Å²) in [6.45, 7) is 0. The Morgan fingerprint density at radius 1 is 1.78 bits per heavy atom. The molecule has 0 spiro atoms. The lowest BCUT2D eigenvalue weighted by Gasteiger charge is -1.98. The number of hydrogen-bond acceptors (Lipinski definition) is 3. The second kappa shape index (κ2) is 4.38. The third kappa shape index (κ3) is 2.75. The number of carbonyl (C=O) groups is 1. The smallest absolute Gasteiger partial charge is 0.321 e. The molecule has 0 radical (unpaired) electrons. The van der Waals surface area contributed by atoms with Gasteiger partial charge in [-0.3, -0.25) is 10.1 Å². The molecule has 0 aliphatic carbocycles. The zero-order valence-electron chi connectivity index (χ0n) is 4.26. The molecular weight excluding hydrogens is 150 g/mol. The summed E-state index contributed by atoms with van der Waals surface area (Å²) in [6.07, 6.45) is 0. The van der Waals surface area contributed by atoms with Crippen LogP contribution in [0, 0.1) is 0 Å². The molecule has 0 amide bonds. The number of aliphatic carboxylic acids is 1. The molecule has 0 saturated carbocycles. The fraction of sp³-hybridized carbons (Fsp3) is 0.750. The summed E-state index contributed by atoms with van der Waals surface area (Å²) < 4.78 is 0. The highest BCUT2D eigenvalue weighted by molar-refractivity contribution is 7.99. The highest BCUT2D eigenvalue weighted by Gasteiger charge is 2.20. The molecule has 5 heteroatoms. The van der Waals surface area contributed by atoms with E-state index in [0.717, 1.165) is 5.88 Å². The molecule has 0 aromatic rings. The van der Waals surface area contributed by atoms with E-state index in [1.165, 1.54) is 0 Å². The average molecular weight is 159 g/mol. The quantitative estimate of drug-likeness (QED) is 0.473. The summed E-state index contributed by atoms with van der Waals surface area (Å²) in [5, 5.41) is 11.2. The van der Waals surface area contributed by atoms with E-state index in [0.29, 0.717) is 5.75 Å². The second-order valence-electron chi connectivity index (χ2n) is 1.61. The van der Waals surface area contributed by atoms with E-state index in [1.807, 2.05) is 0 Å². The minimum absolute atomic E-state index is 0.